The Labute approximate surface area is 180 Å². The Morgan fingerprint density at radius 3 is 2.57 bits per heavy atom. The van der Waals surface area contributed by atoms with Gasteiger partial charge in [0.1, 0.15) is 11.5 Å². The van der Waals surface area contributed by atoms with E-state index >= 15 is 0 Å². The number of aromatic nitrogens is 1. The minimum absolute atomic E-state index is 0.348. The molecule has 0 unspecified atom stereocenters. The molecule has 1 N–H and O–H groups in total. The van der Waals surface area contributed by atoms with Crippen LogP contribution in [-0.2, 0) is 11.2 Å². The molecule has 30 heavy (non-hydrogen) atoms. The quantitative estimate of drug-likeness (QED) is 0.413. The maximum Gasteiger partial charge on any atom is 0.342 e. The SMILES string of the molecule is CCCS/C(=C\c1ccc(OCCc2nc(-c3ccccc3)oc2C)cc1)C(=O)O. The van der Waals surface area contributed by atoms with Gasteiger partial charge in [0.25, 0.3) is 0 Å². The summed E-state index contributed by atoms with van der Waals surface area (Å²) in [6.45, 7) is 4.41. The monoisotopic (exact) mass is 423 g/mol. The van der Waals surface area contributed by atoms with Crippen LogP contribution in [0.2, 0.25) is 0 Å². The van der Waals surface area contributed by atoms with Gasteiger partial charge in [0.2, 0.25) is 5.89 Å². The van der Waals surface area contributed by atoms with Crippen LogP contribution in [0.1, 0.15) is 30.4 Å². The standard InChI is InChI=1S/C24H25NO4S/c1-3-15-30-22(24(26)27)16-18-9-11-20(12-10-18)28-14-13-21-17(2)29-23(25-21)19-7-5-4-6-8-19/h4-12,16H,3,13-15H2,1-2H3,(H,26,27)/b22-16-. The van der Waals surface area contributed by atoms with Gasteiger partial charge in [-0.15, -0.1) is 11.8 Å². The van der Waals surface area contributed by atoms with Crippen LogP contribution in [0.15, 0.2) is 63.9 Å². The number of rotatable bonds is 10. The van der Waals surface area contributed by atoms with Gasteiger partial charge in [-0.05, 0) is 55.0 Å². The molecule has 2 aromatic carbocycles. The number of oxazole rings is 1. The van der Waals surface area contributed by atoms with Gasteiger partial charge in [-0.1, -0.05) is 37.3 Å². The van der Waals surface area contributed by atoms with Crippen molar-refractivity contribution in [2.24, 2.45) is 0 Å². The van der Waals surface area contributed by atoms with Crippen LogP contribution in [0, 0.1) is 6.92 Å². The molecular weight excluding hydrogens is 398 g/mol. The highest BCUT2D eigenvalue weighted by Crippen LogP contribution is 2.23. The van der Waals surface area contributed by atoms with Gasteiger partial charge in [-0.3, -0.25) is 0 Å². The van der Waals surface area contributed by atoms with Crippen molar-refractivity contribution in [1.82, 2.24) is 4.98 Å². The van der Waals surface area contributed by atoms with Crippen LogP contribution in [0.25, 0.3) is 17.5 Å². The summed E-state index contributed by atoms with van der Waals surface area (Å²) in [5.41, 5.74) is 2.67. The summed E-state index contributed by atoms with van der Waals surface area (Å²) < 4.78 is 11.6. The molecule has 0 fully saturated rings. The lowest BCUT2D eigenvalue weighted by atomic mass is 10.2. The molecule has 0 radical (unpaired) electrons. The summed E-state index contributed by atoms with van der Waals surface area (Å²) >= 11 is 1.36. The van der Waals surface area contributed by atoms with Crippen molar-refractivity contribution in [2.45, 2.75) is 26.7 Å². The smallest absolute Gasteiger partial charge is 0.342 e. The van der Waals surface area contributed by atoms with Crippen molar-refractivity contribution >= 4 is 23.8 Å². The number of hydrogen-bond donors (Lipinski definition) is 1. The number of aryl methyl sites for hydroxylation is 1. The largest absolute Gasteiger partial charge is 0.493 e. The molecule has 0 saturated carbocycles. The first kappa shape index (κ1) is 21.7. The molecule has 0 aliphatic rings. The second-order valence-electron chi connectivity index (χ2n) is 6.72. The van der Waals surface area contributed by atoms with Gasteiger partial charge in [0, 0.05) is 12.0 Å². The van der Waals surface area contributed by atoms with E-state index in [0.717, 1.165) is 40.5 Å². The average molecular weight is 424 g/mol. The molecule has 3 rings (SSSR count). The third-order valence-electron chi connectivity index (χ3n) is 4.37. The second-order valence-corrected chi connectivity index (χ2v) is 7.85. The van der Waals surface area contributed by atoms with Crippen molar-refractivity contribution in [3.8, 4) is 17.2 Å². The van der Waals surface area contributed by atoms with Gasteiger partial charge in [-0.2, -0.15) is 0 Å². The Morgan fingerprint density at radius 1 is 1.17 bits per heavy atom. The molecule has 3 aromatic rings. The van der Waals surface area contributed by atoms with Crippen molar-refractivity contribution in [1.29, 1.82) is 0 Å². The Balaban J connectivity index is 1.57. The molecule has 1 heterocycles. The van der Waals surface area contributed by atoms with Crippen LogP contribution < -0.4 is 4.74 Å². The number of benzene rings is 2. The summed E-state index contributed by atoms with van der Waals surface area (Å²) in [5.74, 6) is 2.03. The molecule has 0 bridgehead atoms. The molecule has 0 amide bonds. The molecular formula is C24H25NO4S. The summed E-state index contributed by atoms with van der Waals surface area (Å²) in [6.07, 6.45) is 3.26. The van der Waals surface area contributed by atoms with Crippen molar-refractivity contribution < 1.29 is 19.1 Å². The topological polar surface area (TPSA) is 72.6 Å². The number of carbonyl (C=O) groups is 1. The lowest BCUT2D eigenvalue weighted by Gasteiger charge is -2.06. The highest BCUT2D eigenvalue weighted by Gasteiger charge is 2.11. The molecule has 6 heteroatoms. The molecule has 0 spiro atoms. The van der Waals surface area contributed by atoms with E-state index in [1.807, 2.05) is 68.4 Å². The maximum atomic E-state index is 11.3. The fourth-order valence-corrected chi connectivity index (χ4v) is 3.59. The number of carboxylic acids is 1. The van der Waals surface area contributed by atoms with E-state index in [1.165, 1.54) is 11.8 Å². The number of carboxylic acid groups (broad SMARTS) is 1. The van der Waals surface area contributed by atoms with E-state index in [4.69, 9.17) is 9.15 Å². The zero-order valence-electron chi connectivity index (χ0n) is 17.1. The fourth-order valence-electron chi connectivity index (χ4n) is 2.82. The van der Waals surface area contributed by atoms with Gasteiger partial charge in [0.15, 0.2) is 0 Å². The molecule has 156 valence electrons. The fraction of sp³-hybridized carbons (Fsp3) is 0.250. The molecule has 0 aliphatic heterocycles. The van der Waals surface area contributed by atoms with E-state index in [0.29, 0.717) is 23.8 Å². The second kappa shape index (κ2) is 10.7. The maximum absolute atomic E-state index is 11.3. The Hall–Kier alpha value is -2.99. The van der Waals surface area contributed by atoms with Crippen molar-refractivity contribution in [3.05, 3.63) is 76.5 Å². The van der Waals surface area contributed by atoms with Crippen LogP contribution in [0.4, 0.5) is 0 Å². The Morgan fingerprint density at radius 2 is 1.90 bits per heavy atom. The molecule has 5 nitrogen and oxygen atoms in total. The normalized spacial score (nSPS) is 11.5. The number of ether oxygens (including phenoxy) is 1. The van der Waals surface area contributed by atoms with Gasteiger partial charge < -0.3 is 14.3 Å². The third-order valence-corrected chi connectivity index (χ3v) is 5.59. The van der Waals surface area contributed by atoms with E-state index < -0.39 is 5.97 Å². The van der Waals surface area contributed by atoms with Crippen molar-refractivity contribution in [3.63, 3.8) is 0 Å². The summed E-state index contributed by atoms with van der Waals surface area (Å²) in [5, 5.41) is 9.31. The zero-order chi connectivity index (χ0) is 21.3. The van der Waals surface area contributed by atoms with Gasteiger partial charge in [-0.25, -0.2) is 9.78 Å². The van der Waals surface area contributed by atoms with Crippen molar-refractivity contribution in [2.75, 3.05) is 12.4 Å². The highest BCUT2D eigenvalue weighted by molar-refractivity contribution is 8.04. The molecule has 0 aliphatic carbocycles. The Kier molecular flexibility index (Phi) is 7.74. The molecule has 0 saturated heterocycles. The first-order chi connectivity index (χ1) is 14.6. The summed E-state index contributed by atoms with van der Waals surface area (Å²) in [4.78, 5) is 16.3. The summed E-state index contributed by atoms with van der Waals surface area (Å²) in [6, 6.07) is 17.2. The number of aliphatic carboxylic acids is 1. The minimum atomic E-state index is -0.897. The Bertz CT molecular complexity index is 994. The van der Waals surface area contributed by atoms with Crippen LogP contribution in [0.5, 0.6) is 5.75 Å². The van der Waals surface area contributed by atoms with E-state index in [2.05, 4.69) is 4.98 Å². The van der Waals surface area contributed by atoms with Gasteiger partial charge in [0.05, 0.1) is 17.2 Å². The zero-order valence-corrected chi connectivity index (χ0v) is 17.9. The lowest BCUT2D eigenvalue weighted by Crippen LogP contribution is -2.02. The first-order valence-corrected chi connectivity index (χ1v) is 10.9. The number of thioether (sulfide) groups is 1. The highest BCUT2D eigenvalue weighted by atomic mass is 32.2. The van der Waals surface area contributed by atoms with E-state index in [-0.39, 0.29) is 0 Å². The van der Waals surface area contributed by atoms with E-state index in [1.54, 1.807) is 6.08 Å². The predicted octanol–water partition coefficient (Wildman–Crippen LogP) is 5.84. The average Bonchev–Trinajstić information content (AvgIpc) is 3.13. The van der Waals surface area contributed by atoms with Crippen LogP contribution in [0.3, 0.4) is 0 Å². The minimum Gasteiger partial charge on any atom is -0.493 e. The molecule has 0 atom stereocenters. The van der Waals surface area contributed by atoms with Crippen LogP contribution in [-0.4, -0.2) is 28.4 Å². The number of nitrogens with zero attached hydrogens (tertiary/aromatic N) is 1. The van der Waals surface area contributed by atoms with Crippen LogP contribution >= 0.6 is 11.8 Å². The summed E-state index contributed by atoms with van der Waals surface area (Å²) in [7, 11) is 0. The lowest BCUT2D eigenvalue weighted by molar-refractivity contribution is -0.131. The third kappa shape index (κ3) is 6.00. The van der Waals surface area contributed by atoms with Gasteiger partial charge >= 0.3 is 5.97 Å². The molecule has 1 aromatic heterocycles. The van der Waals surface area contributed by atoms with E-state index in [9.17, 15) is 9.90 Å². The predicted molar refractivity (Wildman–Crippen MR) is 121 cm³/mol. The number of hydrogen-bond acceptors (Lipinski definition) is 5. The first-order valence-electron chi connectivity index (χ1n) is 9.89.